The lowest BCUT2D eigenvalue weighted by molar-refractivity contribution is -0.122. The Morgan fingerprint density at radius 2 is 2.47 bits per heavy atom. The summed E-state index contributed by atoms with van der Waals surface area (Å²) in [5, 5.41) is 5.85. The minimum atomic E-state index is -0.315. The number of methoxy groups -OCH3 is 1. The van der Waals surface area contributed by atoms with E-state index in [0.29, 0.717) is 29.4 Å². The number of hydrogen-bond acceptors (Lipinski definition) is 6. The molecule has 19 heavy (non-hydrogen) atoms. The largest absolute Gasteiger partial charge is 0.480 e. The number of nitrogens with zero attached hydrogens (tertiary/aromatic N) is 3. The summed E-state index contributed by atoms with van der Waals surface area (Å²) in [6, 6.07) is -0.315. The molecule has 1 fully saturated rings. The topological polar surface area (TPSA) is 79.4 Å². The molecule has 1 atom stereocenters. The first-order valence-electron chi connectivity index (χ1n) is 5.93. The first kappa shape index (κ1) is 14.0. The quantitative estimate of drug-likeness (QED) is 0.797. The minimum absolute atomic E-state index is 0.0577. The molecule has 0 spiro atoms. The lowest BCUT2D eigenvalue weighted by Crippen LogP contribution is -2.58. The number of piperazine rings is 1. The second kappa shape index (κ2) is 6.16. The van der Waals surface area contributed by atoms with Gasteiger partial charge >= 0.3 is 0 Å². The van der Waals surface area contributed by atoms with Crippen molar-refractivity contribution in [1.82, 2.24) is 20.6 Å². The van der Waals surface area contributed by atoms with Crippen LogP contribution in [0.1, 0.15) is 0 Å². The molecule has 2 N–H and O–H groups in total. The molecule has 0 aliphatic carbocycles. The third-order valence-electron chi connectivity index (χ3n) is 2.94. The maximum absolute atomic E-state index is 11.9. The van der Waals surface area contributed by atoms with Crippen molar-refractivity contribution >= 4 is 27.8 Å². The van der Waals surface area contributed by atoms with Gasteiger partial charge in [-0.15, -0.1) is 0 Å². The van der Waals surface area contributed by atoms with Gasteiger partial charge in [0.2, 0.25) is 17.7 Å². The maximum Gasteiger partial charge on any atom is 0.243 e. The Labute approximate surface area is 119 Å². The van der Waals surface area contributed by atoms with E-state index in [4.69, 9.17) is 4.74 Å². The molecule has 0 aromatic carbocycles. The fourth-order valence-electron chi connectivity index (χ4n) is 1.97. The molecular weight excluding hydrogens is 314 g/mol. The standard InChI is InChI=1S/C11H16BrN5O2/c1-13-9(18)8-6-14-3-4-17(8)11-15-5-7(12)10(16-11)19-2/h5,8,14H,3-4,6H2,1-2H3,(H,13,18). The predicted molar refractivity (Wildman–Crippen MR) is 74.4 cm³/mol. The van der Waals surface area contributed by atoms with Crippen molar-refractivity contribution in [1.29, 1.82) is 0 Å². The number of aromatic nitrogens is 2. The molecule has 104 valence electrons. The van der Waals surface area contributed by atoms with Gasteiger partial charge in [-0.3, -0.25) is 4.79 Å². The average molecular weight is 330 g/mol. The molecule has 0 radical (unpaired) electrons. The molecule has 2 rings (SSSR count). The number of likely N-dealkylation sites (N-methyl/N-ethyl adjacent to an activating group) is 1. The van der Waals surface area contributed by atoms with E-state index in [0.717, 1.165) is 6.54 Å². The molecule has 8 heteroatoms. The summed E-state index contributed by atoms with van der Waals surface area (Å²) in [5.41, 5.74) is 0. The van der Waals surface area contributed by atoms with Gasteiger partial charge in [0.05, 0.1) is 17.8 Å². The van der Waals surface area contributed by atoms with Crippen molar-refractivity contribution in [3.05, 3.63) is 10.7 Å². The highest BCUT2D eigenvalue weighted by Gasteiger charge is 2.30. The summed E-state index contributed by atoms with van der Waals surface area (Å²) >= 11 is 3.31. The van der Waals surface area contributed by atoms with Gasteiger partial charge in [0.15, 0.2) is 0 Å². The number of carbonyl (C=O) groups excluding carboxylic acids is 1. The van der Waals surface area contributed by atoms with Gasteiger partial charge in [-0.25, -0.2) is 4.98 Å². The monoisotopic (exact) mass is 329 g/mol. The van der Waals surface area contributed by atoms with Crippen LogP contribution in [0.2, 0.25) is 0 Å². The minimum Gasteiger partial charge on any atom is -0.480 e. The fraction of sp³-hybridized carbons (Fsp3) is 0.545. The Morgan fingerprint density at radius 1 is 1.68 bits per heavy atom. The number of rotatable bonds is 3. The maximum atomic E-state index is 11.9. The SMILES string of the molecule is CNC(=O)C1CNCCN1c1ncc(Br)c(OC)n1. The van der Waals surface area contributed by atoms with E-state index in [-0.39, 0.29) is 11.9 Å². The van der Waals surface area contributed by atoms with Gasteiger partial charge in [0, 0.05) is 26.7 Å². The van der Waals surface area contributed by atoms with Crippen LogP contribution in [0.5, 0.6) is 5.88 Å². The number of ether oxygens (including phenoxy) is 1. The van der Waals surface area contributed by atoms with Crippen molar-refractivity contribution in [2.75, 3.05) is 38.7 Å². The lowest BCUT2D eigenvalue weighted by atomic mass is 10.2. The smallest absolute Gasteiger partial charge is 0.243 e. The van der Waals surface area contributed by atoms with E-state index < -0.39 is 0 Å². The van der Waals surface area contributed by atoms with Crippen molar-refractivity contribution in [3.8, 4) is 5.88 Å². The zero-order valence-electron chi connectivity index (χ0n) is 10.8. The summed E-state index contributed by atoms with van der Waals surface area (Å²) in [7, 11) is 3.17. The molecule has 1 aliphatic heterocycles. The van der Waals surface area contributed by atoms with Crippen LogP contribution in [-0.2, 0) is 4.79 Å². The van der Waals surface area contributed by atoms with Gasteiger partial charge in [-0.2, -0.15) is 4.98 Å². The highest BCUT2D eigenvalue weighted by atomic mass is 79.9. The van der Waals surface area contributed by atoms with Crippen molar-refractivity contribution < 1.29 is 9.53 Å². The van der Waals surface area contributed by atoms with Crippen LogP contribution in [0.3, 0.4) is 0 Å². The molecule has 1 aromatic rings. The zero-order chi connectivity index (χ0) is 13.8. The van der Waals surface area contributed by atoms with Crippen LogP contribution in [0, 0.1) is 0 Å². The van der Waals surface area contributed by atoms with Gasteiger partial charge in [-0.05, 0) is 15.9 Å². The Morgan fingerprint density at radius 3 is 3.16 bits per heavy atom. The molecule has 1 amide bonds. The highest BCUT2D eigenvalue weighted by molar-refractivity contribution is 9.10. The van der Waals surface area contributed by atoms with E-state index in [1.165, 1.54) is 0 Å². The van der Waals surface area contributed by atoms with E-state index in [9.17, 15) is 4.79 Å². The summed E-state index contributed by atoms with van der Waals surface area (Å²) in [5.74, 6) is 0.895. The zero-order valence-corrected chi connectivity index (χ0v) is 12.4. The Hall–Kier alpha value is -1.41. The summed E-state index contributed by atoms with van der Waals surface area (Å²) in [6.45, 7) is 2.03. The molecule has 1 unspecified atom stereocenters. The van der Waals surface area contributed by atoms with Crippen molar-refractivity contribution in [2.24, 2.45) is 0 Å². The first-order valence-corrected chi connectivity index (χ1v) is 6.72. The van der Waals surface area contributed by atoms with Crippen LogP contribution >= 0.6 is 15.9 Å². The molecule has 0 bridgehead atoms. The van der Waals surface area contributed by atoms with Crippen LogP contribution in [0.4, 0.5) is 5.95 Å². The van der Waals surface area contributed by atoms with Gasteiger partial charge in [-0.1, -0.05) is 0 Å². The molecular formula is C11H16BrN5O2. The van der Waals surface area contributed by atoms with E-state index in [2.05, 4.69) is 36.5 Å². The Balaban J connectivity index is 2.29. The second-order valence-electron chi connectivity index (χ2n) is 4.05. The molecule has 0 saturated carbocycles. The predicted octanol–water partition coefficient (Wildman–Crippen LogP) is -0.228. The van der Waals surface area contributed by atoms with E-state index in [1.807, 2.05) is 4.90 Å². The average Bonchev–Trinajstić information content (AvgIpc) is 2.47. The third-order valence-corrected chi connectivity index (χ3v) is 3.49. The third kappa shape index (κ3) is 2.95. The Bertz CT molecular complexity index is 470. The molecule has 7 nitrogen and oxygen atoms in total. The van der Waals surface area contributed by atoms with Crippen LogP contribution < -0.4 is 20.3 Å². The number of amides is 1. The molecule has 1 aliphatic rings. The number of hydrogen-bond donors (Lipinski definition) is 2. The van der Waals surface area contributed by atoms with Gasteiger partial charge < -0.3 is 20.3 Å². The Kier molecular flexibility index (Phi) is 4.54. The summed E-state index contributed by atoms with van der Waals surface area (Å²) < 4.78 is 5.84. The normalized spacial score (nSPS) is 19.1. The number of anilines is 1. The summed E-state index contributed by atoms with van der Waals surface area (Å²) in [6.07, 6.45) is 1.63. The first-order chi connectivity index (χ1) is 9.17. The van der Waals surface area contributed by atoms with E-state index in [1.54, 1.807) is 20.4 Å². The van der Waals surface area contributed by atoms with E-state index >= 15 is 0 Å². The number of carbonyl (C=O) groups is 1. The van der Waals surface area contributed by atoms with Gasteiger partial charge in [0.1, 0.15) is 6.04 Å². The number of nitrogens with one attached hydrogen (secondary N) is 2. The fourth-order valence-corrected chi connectivity index (χ4v) is 2.32. The highest BCUT2D eigenvalue weighted by Crippen LogP contribution is 2.24. The van der Waals surface area contributed by atoms with Crippen LogP contribution in [-0.4, -0.2) is 55.7 Å². The molecule has 1 aromatic heterocycles. The van der Waals surface area contributed by atoms with Crippen molar-refractivity contribution in [2.45, 2.75) is 6.04 Å². The van der Waals surface area contributed by atoms with Crippen LogP contribution in [0.15, 0.2) is 10.7 Å². The van der Waals surface area contributed by atoms with Gasteiger partial charge in [0.25, 0.3) is 0 Å². The van der Waals surface area contributed by atoms with Crippen LogP contribution in [0.25, 0.3) is 0 Å². The molecule has 2 heterocycles. The molecule has 1 saturated heterocycles. The lowest BCUT2D eigenvalue weighted by Gasteiger charge is -2.34. The summed E-state index contributed by atoms with van der Waals surface area (Å²) in [4.78, 5) is 22.3. The van der Waals surface area contributed by atoms with Crippen molar-refractivity contribution in [3.63, 3.8) is 0 Å². The number of halogens is 1. The second-order valence-corrected chi connectivity index (χ2v) is 4.91.